The molecule has 0 aliphatic heterocycles. The molecule has 1 heteroatoms. The molecule has 16 heavy (non-hydrogen) atoms. The summed E-state index contributed by atoms with van der Waals surface area (Å²) in [7, 11) is 0. The summed E-state index contributed by atoms with van der Waals surface area (Å²) >= 11 is 1.93. The SMILES string of the molecule is C/C=C(/SC(C)C)c1ccc(C(C)C)cc1. The van der Waals surface area contributed by atoms with Crippen molar-refractivity contribution in [1.82, 2.24) is 0 Å². The minimum Gasteiger partial charge on any atom is -0.123 e. The van der Waals surface area contributed by atoms with Crippen molar-refractivity contribution >= 4 is 16.7 Å². The number of thioether (sulfide) groups is 1. The number of benzene rings is 1. The van der Waals surface area contributed by atoms with Crippen molar-refractivity contribution in [2.75, 3.05) is 0 Å². The number of hydrogen-bond acceptors (Lipinski definition) is 1. The molecule has 0 aromatic heterocycles. The van der Waals surface area contributed by atoms with Crippen LogP contribution in [0.25, 0.3) is 4.91 Å². The van der Waals surface area contributed by atoms with Gasteiger partial charge in [0.2, 0.25) is 0 Å². The summed E-state index contributed by atoms with van der Waals surface area (Å²) in [6.07, 6.45) is 2.20. The Labute approximate surface area is 104 Å². The average molecular weight is 234 g/mol. The third kappa shape index (κ3) is 3.71. The van der Waals surface area contributed by atoms with Crippen LogP contribution in [-0.4, -0.2) is 5.25 Å². The van der Waals surface area contributed by atoms with Gasteiger partial charge in [-0.1, -0.05) is 58.0 Å². The van der Waals surface area contributed by atoms with E-state index in [1.165, 1.54) is 16.0 Å². The van der Waals surface area contributed by atoms with Gasteiger partial charge in [0.25, 0.3) is 0 Å². The van der Waals surface area contributed by atoms with Gasteiger partial charge in [-0.2, -0.15) is 0 Å². The fourth-order valence-electron chi connectivity index (χ4n) is 1.59. The van der Waals surface area contributed by atoms with E-state index in [1.54, 1.807) is 0 Å². The molecular weight excluding hydrogens is 212 g/mol. The van der Waals surface area contributed by atoms with E-state index in [2.05, 4.69) is 65.0 Å². The van der Waals surface area contributed by atoms with Crippen molar-refractivity contribution in [2.24, 2.45) is 0 Å². The first-order valence-corrected chi connectivity index (χ1v) is 6.85. The smallest absolute Gasteiger partial charge is 0.0104 e. The van der Waals surface area contributed by atoms with E-state index in [1.807, 2.05) is 11.8 Å². The first kappa shape index (κ1) is 13.4. The number of rotatable bonds is 4. The highest BCUT2D eigenvalue weighted by atomic mass is 32.2. The lowest BCUT2D eigenvalue weighted by Crippen LogP contribution is -1.91. The summed E-state index contributed by atoms with van der Waals surface area (Å²) in [6, 6.07) is 8.95. The minimum atomic E-state index is 0.612. The number of hydrogen-bond donors (Lipinski definition) is 0. The Bertz CT molecular complexity index is 344. The van der Waals surface area contributed by atoms with Gasteiger partial charge in [-0.15, -0.1) is 11.8 Å². The molecule has 0 aliphatic carbocycles. The topological polar surface area (TPSA) is 0 Å². The minimum absolute atomic E-state index is 0.612. The molecule has 0 fully saturated rings. The average Bonchev–Trinajstić information content (AvgIpc) is 2.25. The molecule has 1 aromatic rings. The molecular formula is C15H22S. The Morgan fingerprint density at radius 3 is 2.00 bits per heavy atom. The van der Waals surface area contributed by atoms with Gasteiger partial charge in [-0.25, -0.2) is 0 Å². The first-order chi connectivity index (χ1) is 7.54. The van der Waals surface area contributed by atoms with Crippen molar-refractivity contribution in [3.63, 3.8) is 0 Å². The fourth-order valence-corrected chi connectivity index (χ4v) is 2.51. The highest BCUT2D eigenvalue weighted by Gasteiger charge is 2.05. The van der Waals surface area contributed by atoms with E-state index in [0.29, 0.717) is 11.2 Å². The maximum Gasteiger partial charge on any atom is 0.0104 e. The zero-order valence-corrected chi connectivity index (χ0v) is 11.8. The van der Waals surface area contributed by atoms with Crippen LogP contribution >= 0.6 is 11.8 Å². The summed E-state index contributed by atoms with van der Waals surface area (Å²) in [5.74, 6) is 0.612. The molecule has 88 valence electrons. The van der Waals surface area contributed by atoms with Gasteiger partial charge in [0.05, 0.1) is 0 Å². The highest BCUT2D eigenvalue weighted by Crippen LogP contribution is 2.31. The summed E-state index contributed by atoms with van der Waals surface area (Å²) in [5.41, 5.74) is 2.75. The largest absolute Gasteiger partial charge is 0.123 e. The van der Waals surface area contributed by atoms with Crippen LogP contribution in [-0.2, 0) is 0 Å². The molecule has 0 radical (unpaired) electrons. The molecule has 0 nitrogen and oxygen atoms in total. The second kappa shape index (κ2) is 6.15. The number of allylic oxidation sites excluding steroid dienone is 1. The van der Waals surface area contributed by atoms with Gasteiger partial charge < -0.3 is 0 Å². The van der Waals surface area contributed by atoms with Gasteiger partial charge in [-0.3, -0.25) is 0 Å². The Morgan fingerprint density at radius 1 is 1.06 bits per heavy atom. The zero-order valence-electron chi connectivity index (χ0n) is 10.9. The molecule has 0 bridgehead atoms. The molecule has 0 N–H and O–H groups in total. The second-order valence-corrected chi connectivity index (χ2v) is 6.21. The van der Waals surface area contributed by atoms with Crippen LogP contribution in [0.5, 0.6) is 0 Å². The van der Waals surface area contributed by atoms with E-state index in [9.17, 15) is 0 Å². The Kier molecular flexibility index (Phi) is 5.14. The van der Waals surface area contributed by atoms with Crippen LogP contribution in [0.2, 0.25) is 0 Å². The maximum atomic E-state index is 2.24. The predicted molar refractivity (Wildman–Crippen MR) is 76.9 cm³/mol. The molecule has 0 atom stereocenters. The molecule has 0 saturated carbocycles. The third-order valence-electron chi connectivity index (χ3n) is 2.49. The van der Waals surface area contributed by atoms with E-state index >= 15 is 0 Å². The lowest BCUT2D eigenvalue weighted by atomic mass is 10.0. The Balaban J connectivity index is 2.87. The molecule has 0 unspecified atom stereocenters. The van der Waals surface area contributed by atoms with Crippen LogP contribution in [0.1, 0.15) is 51.7 Å². The quantitative estimate of drug-likeness (QED) is 0.680. The summed E-state index contributed by atoms with van der Waals surface area (Å²) in [4.78, 5) is 1.38. The maximum absolute atomic E-state index is 2.24. The first-order valence-electron chi connectivity index (χ1n) is 5.98. The van der Waals surface area contributed by atoms with E-state index < -0.39 is 0 Å². The van der Waals surface area contributed by atoms with Crippen molar-refractivity contribution < 1.29 is 0 Å². The van der Waals surface area contributed by atoms with E-state index in [4.69, 9.17) is 0 Å². The van der Waals surface area contributed by atoms with Crippen LogP contribution in [0.15, 0.2) is 30.3 Å². The van der Waals surface area contributed by atoms with Gasteiger partial charge in [-0.05, 0) is 24.0 Å². The van der Waals surface area contributed by atoms with Gasteiger partial charge in [0.15, 0.2) is 0 Å². The summed E-state index contributed by atoms with van der Waals surface area (Å²) < 4.78 is 0. The lowest BCUT2D eigenvalue weighted by molar-refractivity contribution is 0.866. The standard InChI is InChI=1S/C15H22S/c1-6-15(16-12(4)5)14-9-7-13(8-10-14)11(2)3/h6-12H,1-5H3/b15-6+. The molecule has 1 rings (SSSR count). The molecule has 0 aliphatic rings. The monoisotopic (exact) mass is 234 g/mol. The van der Waals surface area contributed by atoms with Crippen LogP contribution in [0.3, 0.4) is 0 Å². The zero-order chi connectivity index (χ0) is 12.1. The van der Waals surface area contributed by atoms with Crippen LogP contribution in [0.4, 0.5) is 0 Å². The Hall–Kier alpha value is -0.690. The van der Waals surface area contributed by atoms with Crippen molar-refractivity contribution in [2.45, 2.75) is 45.8 Å². The van der Waals surface area contributed by atoms with E-state index in [-0.39, 0.29) is 0 Å². The molecule has 0 heterocycles. The molecule has 0 saturated heterocycles. The highest BCUT2D eigenvalue weighted by molar-refractivity contribution is 8.08. The third-order valence-corrected chi connectivity index (χ3v) is 3.68. The van der Waals surface area contributed by atoms with E-state index in [0.717, 1.165) is 0 Å². The summed E-state index contributed by atoms with van der Waals surface area (Å²) in [6.45, 7) is 11.0. The lowest BCUT2D eigenvalue weighted by Gasteiger charge is -2.11. The van der Waals surface area contributed by atoms with Gasteiger partial charge >= 0.3 is 0 Å². The summed E-state index contributed by atoms with van der Waals surface area (Å²) in [5, 5.41) is 0.635. The predicted octanol–water partition coefficient (Wildman–Crippen LogP) is 5.31. The Morgan fingerprint density at radius 2 is 1.62 bits per heavy atom. The van der Waals surface area contributed by atoms with Crippen LogP contribution < -0.4 is 0 Å². The van der Waals surface area contributed by atoms with Crippen LogP contribution in [0, 0.1) is 0 Å². The van der Waals surface area contributed by atoms with Crippen molar-refractivity contribution in [3.05, 3.63) is 41.5 Å². The second-order valence-electron chi connectivity index (χ2n) is 4.60. The normalized spacial score (nSPS) is 12.6. The van der Waals surface area contributed by atoms with Gasteiger partial charge in [0.1, 0.15) is 0 Å². The molecule has 1 aromatic carbocycles. The molecule has 0 amide bonds. The molecule has 0 spiro atoms. The van der Waals surface area contributed by atoms with Gasteiger partial charge in [0, 0.05) is 10.2 Å². The van der Waals surface area contributed by atoms with Crippen molar-refractivity contribution in [3.8, 4) is 0 Å². The fraction of sp³-hybridized carbons (Fsp3) is 0.467. The van der Waals surface area contributed by atoms with Crippen molar-refractivity contribution in [1.29, 1.82) is 0 Å².